The Morgan fingerprint density at radius 3 is 2.94 bits per heavy atom. The molecule has 1 aliphatic rings. The number of aromatic nitrogens is 1. The number of piperidine rings is 1. The van der Waals surface area contributed by atoms with Crippen LogP contribution in [0, 0.1) is 0 Å². The van der Waals surface area contributed by atoms with Crippen LogP contribution in [0.1, 0.15) is 29.6 Å². The van der Waals surface area contributed by atoms with Crippen LogP contribution < -0.4 is 10.1 Å². The minimum atomic E-state index is -1.000. The molecule has 1 aromatic heterocycles. The number of pyridine rings is 1. The van der Waals surface area contributed by atoms with Crippen LogP contribution in [0.5, 0.6) is 5.88 Å². The van der Waals surface area contributed by atoms with Crippen LogP contribution in [0.2, 0.25) is 0 Å². The van der Waals surface area contributed by atoms with E-state index in [-0.39, 0.29) is 11.8 Å². The van der Waals surface area contributed by atoms with Gasteiger partial charge in [-0.05, 0) is 25.5 Å². The lowest BCUT2D eigenvalue weighted by Gasteiger charge is -2.27. The number of hydrogen-bond donors (Lipinski definition) is 2. The maximum Gasteiger partial charge on any atom is 0.212 e. The molecule has 0 saturated carbocycles. The molecule has 1 fully saturated rings. The van der Waals surface area contributed by atoms with Crippen molar-refractivity contribution in [1.82, 2.24) is 10.3 Å². The first kappa shape index (κ1) is 13.0. The molecule has 1 unspecified atom stereocenters. The highest BCUT2D eigenvalue weighted by Crippen LogP contribution is 2.15. The summed E-state index contributed by atoms with van der Waals surface area (Å²) in [7, 11) is 1.52. The molecule has 1 aromatic rings. The summed E-state index contributed by atoms with van der Waals surface area (Å²) in [4.78, 5) is 16.0. The van der Waals surface area contributed by atoms with E-state index in [4.69, 9.17) is 4.74 Å². The van der Waals surface area contributed by atoms with E-state index < -0.39 is 6.10 Å². The number of nitrogens with zero attached hydrogens (tertiary/aromatic N) is 1. The number of Topliss-reactive ketones (excluding diaryl/α,β-unsaturated/α-hetero) is 1. The Bertz CT molecular complexity index is 399. The van der Waals surface area contributed by atoms with Crippen LogP contribution in [0.25, 0.3) is 0 Å². The van der Waals surface area contributed by atoms with Gasteiger partial charge in [-0.2, -0.15) is 0 Å². The van der Waals surface area contributed by atoms with Crippen molar-refractivity contribution in [2.45, 2.75) is 31.4 Å². The van der Waals surface area contributed by atoms with Gasteiger partial charge in [-0.15, -0.1) is 0 Å². The summed E-state index contributed by atoms with van der Waals surface area (Å²) in [5.41, 5.74) is 0.413. The van der Waals surface area contributed by atoms with E-state index in [2.05, 4.69) is 10.3 Å². The maximum atomic E-state index is 12.1. The van der Waals surface area contributed by atoms with Crippen molar-refractivity contribution < 1.29 is 14.6 Å². The first-order valence-corrected chi connectivity index (χ1v) is 6.18. The summed E-state index contributed by atoms with van der Waals surface area (Å²) >= 11 is 0. The molecule has 2 N–H and O–H groups in total. The quantitative estimate of drug-likeness (QED) is 0.773. The second-order valence-corrected chi connectivity index (χ2v) is 4.45. The van der Waals surface area contributed by atoms with Crippen LogP contribution >= 0.6 is 0 Å². The van der Waals surface area contributed by atoms with Gasteiger partial charge in [0.1, 0.15) is 6.10 Å². The van der Waals surface area contributed by atoms with Crippen LogP contribution in [0.15, 0.2) is 18.3 Å². The normalized spacial score (nSPS) is 21.3. The monoisotopic (exact) mass is 250 g/mol. The molecule has 0 radical (unpaired) electrons. The Morgan fingerprint density at radius 1 is 1.56 bits per heavy atom. The summed E-state index contributed by atoms with van der Waals surface area (Å²) in [5, 5.41) is 13.2. The fourth-order valence-electron chi connectivity index (χ4n) is 2.15. The van der Waals surface area contributed by atoms with Crippen LogP contribution in [0.3, 0.4) is 0 Å². The number of aliphatic hydroxyl groups excluding tert-OH is 1. The number of ether oxygens (including phenoxy) is 1. The molecular formula is C13H18N2O3. The molecule has 2 rings (SSSR count). The zero-order valence-corrected chi connectivity index (χ0v) is 10.4. The second-order valence-electron chi connectivity index (χ2n) is 4.45. The highest BCUT2D eigenvalue weighted by molar-refractivity contribution is 5.99. The molecule has 0 spiro atoms. The fraction of sp³-hybridized carbons (Fsp3) is 0.538. The lowest BCUT2D eigenvalue weighted by Crippen LogP contribution is -2.46. The van der Waals surface area contributed by atoms with E-state index in [9.17, 15) is 9.90 Å². The first-order valence-electron chi connectivity index (χ1n) is 6.18. The molecule has 5 heteroatoms. The Kier molecular flexibility index (Phi) is 4.28. The average molecular weight is 250 g/mol. The van der Waals surface area contributed by atoms with Crippen LogP contribution in [0.4, 0.5) is 0 Å². The van der Waals surface area contributed by atoms with E-state index in [1.165, 1.54) is 13.3 Å². The van der Waals surface area contributed by atoms with Crippen molar-refractivity contribution in [3.05, 3.63) is 23.9 Å². The topological polar surface area (TPSA) is 71.5 Å². The van der Waals surface area contributed by atoms with Gasteiger partial charge in [-0.1, -0.05) is 6.42 Å². The van der Waals surface area contributed by atoms with Gasteiger partial charge in [-0.3, -0.25) is 4.79 Å². The molecule has 18 heavy (non-hydrogen) atoms. The highest BCUT2D eigenvalue weighted by atomic mass is 16.5. The van der Waals surface area contributed by atoms with E-state index in [1.807, 2.05) is 0 Å². The molecule has 1 saturated heterocycles. The fourth-order valence-corrected chi connectivity index (χ4v) is 2.15. The molecule has 98 valence electrons. The summed E-state index contributed by atoms with van der Waals surface area (Å²) in [6, 6.07) is 3.10. The molecule has 0 amide bonds. The van der Waals surface area contributed by atoms with Gasteiger partial charge in [0.05, 0.1) is 7.11 Å². The number of methoxy groups -OCH3 is 1. The van der Waals surface area contributed by atoms with Crippen molar-refractivity contribution in [2.24, 2.45) is 0 Å². The molecule has 0 bridgehead atoms. The highest BCUT2D eigenvalue weighted by Gasteiger charge is 2.28. The standard InChI is InChI=1S/C13H18N2O3/c1-18-11-6-5-9(8-15-11)12(16)13(17)10-4-2-3-7-14-10/h5-6,8,10,13-14,17H,2-4,7H2,1H3/t10-,13?/m0/s1. The molecule has 5 nitrogen and oxygen atoms in total. The second kappa shape index (κ2) is 5.93. The number of nitrogens with one attached hydrogen (secondary N) is 1. The van der Waals surface area contributed by atoms with Gasteiger partial charge in [0.15, 0.2) is 5.78 Å². The summed E-state index contributed by atoms with van der Waals surface area (Å²) in [5.74, 6) is 0.168. The lowest BCUT2D eigenvalue weighted by atomic mass is 9.95. The van der Waals surface area contributed by atoms with Crippen LogP contribution in [-0.2, 0) is 0 Å². The van der Waals surface area contributed by atoms with Gasteiger partial charge in [0.25, 0.3) is 0 Å². The predicted octanol–water partition coefficient (Wildman–Crippen LogP) is 0.776. The third kappa shape index (κ3) is 2.86. The van der Waals surface area contributed by atoms with Gasteiger partial charge in [-0.25, -0.2) is 4.98 Å². The summed E-state index contributed by atoms with van der Waals surface area (Å²) < 4.78 is 4.93. The van der Waals surface area contributed by atoms with Crippen molar-refractivity contribution in [2.75, 3.05) is 13.7 Å². The molecular weight excluding hydrogens is 232 g/mol. The third-order valence-corrected chi connectivity index (χ3v) is 3.23. The Balaban J connectivity index is 2.04. The average Bonchev–Trinajstić information content (AvgIpc) is 2.47. The lowest BCUT2D eigenvalue weighted by molar-refractivity contribution is 0.0626. The maximum absolute atomic E-state index is 12.1. The number of ketones is 1. The number of carbonyl (C=O) groups is 1. The smallest absolute Gasteiger partial charge is 0.212 e. The van der Waals surface area contributed by atoms with Gasteiger partial charge in [0.2, 0.25) is 5.88 Å². The van der Waals surface area contributed by atoms with Crippen molar-refractivity contribution in [1.29, 1.82) is 0 Å². The van der Waals surface area contributed by atoms with Gasteiger partial charge < -0.3 is 15.2 Å². The summed E-state index contributed by atoms with van der Waals surface area (Å²) in [6.07, 6.45) is 3.41. The minimum Gasteiger partial charge on any atom is -0.481 e. The third-order valence-electron chi connectivity index (χ3n) is 3.23. The number of aliphatic hydroxyl groups is 1. The van der Waals surface area contributed by atoms with Crippen molar-refractivity contribution in [3.63, 3.8) is 0 Å². The molecule has 2 heterocycles. The van der Waals surface area contributed by atoms with Gasteiger partial charge in [0, 0.05) is 23.9 Å². The van der Waals surface area contributed by atoms with Crippen molar-refractivity contribution in [3.8, 4) is 5.88 Å². The molecule has 0 aliphatic carbocycles. The first-order chi connectivity index (χ1) is 8.72. The van der Waals surface area contributed by atoms with E-state index in [0.29, 0.717) is 11.4 Å². The minimum absolute atomic E-state index is 0.145. The molecule has 0 aromatic carbocycles. The van der Waals surface area contributed by atoms with Gasteiger partial charge >= 0.3 is 0 Å². The predicted molar refractivity (Wildman–Crippen MR) is 66.8 cm³/mol. The molecule has 1 aliphatic heterocycles. The number of rotatable bonds is 4. The zero-order chi connectivity index (χ0) is 13.0. The zero-order valence-electron chi connectivity index (χ0n) is 10.4. The van der Waals surface area contributed by atoms with E-state index in [0.717, 1.165) is 25.8 Å². The number of hydrogen-bond acceptors (Lipinski definition) is 5. The SMILES string of the molecule is COc1ccc(C(=O)C(O)[C@@H]2CCCCN2)cn1. The largest absolute Gasteiger partial charge is 0.481 e. The summed E-state index contributed by atoms with van der Waals surface area (Å²) in [6.45, 7) is 0.857. The van der Waals surface area contributed by atoms with E-state index in [1.54, 1.807) is 12.1 Å². The molecule has 2 atom stereocenters. The van der Waals surface area contributed by atoms with E-state index >= 15 is 0 Å². The van der Waals surface area contributed by atoms with Crippen LogP contribution in [-0.4, -0.2) is 41.7 Å². The van der Waals surface area contributed by atoms with Crippen molar-refractivity contribution >= 4 is 5.78 Å². The Morgan fingerprint density at radius 2 is 2.39 bits per heavy atom. The number of carbonyl (C=O) groups excluding carboxylic acids is 1. The Labute approximate surface area is 106 Å². The Hall–Kier alpha value is -1.46.